The first-order chi connectivity index (χ1) is 24.3. The molecule has 0 amide bonds. The van der Waals surface area contributed by atoms with Crippen molar-refractivity contribution in [1.29, 1.82) is 0 Å². The van der Waals surface area contributed by atoms with Crippen LogP contribution in [0.15, 0.2) is 72.8 Å². The average Bonchev–Trinajstić information content (AvgIpc) is 3.82. The van der Waals surface area contributed by atoms with Gasteiger partial charge in [-0.2, -0.15) is 0 Å². The summed E-state index contributed by atoms with van der Waals surface area (Å²) in [6, 6.07) is 16.3. The van der Waals surface area contributed by atoms with Gasteiger partial charge in [0, 0.05) is 39.6 Å². The van der Waals surface area contributed by atoms with E-state index in [1.807, 2.05) is 85.2 Å². The van der Waals surface area contributed by atoms with E-state index in [-0.39, 0.29) is 17.5 Å². The van der Waals surface area contributed by atoms with Crippen LogP contribution in [0.2, 0.25) is 0 Å². The standard InChI is InChI=1S/C39H52O6S6/c1-26(2)35(40)43-28(5)37(50-19-17-33-46-21-22-47-33)44-32-15-11-30(12-16-32)38(6,7)29-9-13-31(14-10-29)42-25-39(8,45-36(41)27(3)4)51-20-18-34-48-23-24-49-34/h9-16,28,33-34,37H,1,3,17-25H2,2,4-8H3. The molecule has 2 aliphatic rings. The summed E-state index contributed by atoms with van der Waals surface area (Å²) in [6.07, 6.45) is 1.70. The Hall–Kier alpha value is -1.44. The van der Waals surface area contributed by atoms with Crippen LogP contribution < -0.4 is 9.47 Å². The number of benzene rings is 2. The van der Waals surface area contributed by atoms with Crippen molar-refractivity contribution in [2.45, 2.75) is 85.4 Å². The van der Waals surface area contributed by atoms with Crippen molar-refractivity contribution in [1.82, 2.24) is 0 Å². The fourth-order valence-corrected chi connectivity index (χ4v) is 13.6. The number of ether oxygens (including phenoxy) is 4. The van der Waals surface area contributed by atoms with E-state index in [2.05, 4.69) is 51.3 Å². The Bertz CT molecular complexity index is 1450. The third-order valence-corrected chi connectivity index (χ3v) is 17.2. The Morgan fingerprint density at radius 1 is 0.784 bits per heavy atom. The van der Waals surface area contributed by atoms with Crippen LogP contribution in [0.4, 0.5) is 0 Å². The van der Waals surface area contributed by atoms with Gasteiger partial charge in [0.2, 0.25) is 0 Å². The lowest BCUT2D eigenvalue weighted by atomic mass is 9.78. The van der Waals surface area contributed by atoms with Crippen molar-refractivity contribution >= 4 is 82.5 Å². The van der Waals surface area contributed by atoms with Crippen LogP contribution in [0.5, 0.6) is 11.5 Å². The molecule has 0 N–H and O–H groups in total. The van der Waals surface area contributed by atoms with Crippen LogP contribution in [0.25, 0.3) is 0 Å². The van der Waals surface area contributed by atoms with Crippen molar-refractivity contribution in [3.8, 4) is 11.5 Å². The van der Waals surface area contributed by atoms with E-state index in [1.165, 1.54) is 23.0 Å². The van der Waals surface area contributed by atoms with E-state index in [0.29, 0.717) is 26.1 Å². The number of carbonyl (C=O) groups is 2. The van der Waals surface area contributed by atoms with Gasteiger partial charge in [-0.25, -0.2) is 9.59 Å². The van der Waals surface area contributed by atoms with Crippen LogP contribution in [0, 0.1) is 0 Å². The summed E-state index contributed by atoms with van der Waals surface area (Å²) >= 11 is 11.4. The Kier molecular flexibility index (Phi) is 16.8. The Labute approximate surface area is 330 Å². The predicted molar refractivity (Wildman–Crippen MR) is 226 cm³/mol. The smallest absolute Gasteiger partial charge is 0.334 e. The summed E-state index contributed by atoms with van der Waals surface area (Å²) in [6.45, 7) is 19.2. The van der Waals surface area contributed by atoms with Gasteiger partial charge in [-0.3, -0.25) is 0 Å². The fourth-order valence-electron chi connectivity index (χ4n) is 5.21. The van der Waals surface area contributed by atoms with Gasteiger partial charge in [-0.05, 0) is 87.4 Å². The van der Waals surface area contributed by atoms with E-state index >= 15 is 0 Å². The summed E-state index contributed by atoms with van der Waals surface area (Å²) in [5, 5.41) is 0. The van der Waals surface area contributed by atoms with E-state index < -0.39 is 23.0 Å². The lowest BCUT2D eigenvalue weighted by Gasteiger charge is -2.30. The molecule has 0 radical (unpaired) electrons. The molecular formula is C39H52O6S6. The maximum absolute atomic E-state index is 12.5. The highest BCUT2D eigenvalue weighted by molar-refractivity contribution is 8.20. The minimum absolute atomic E-state index is 0.231. The first-order valence-corrected chi connectivity index (χ1v) is 23.5. The lowest BCUT2D eigenvalue weighted by Crippen LogP contribution is -2.35. The second-order valence-electron chi connectivity index (χ2n) is 13.3. The molecule has 2 aromatic rings. The average molecular weight is 809 g/mol. The zero-order valence-corrected chi connectivity index (χ0v) is 35.5. The molecule has 0 aromatic heterocycles. The summed E-state index contributed by atoms with van der Waals surface area (Å²) in [4.78, 5) is 24.0. The minimum atomic E-state index is -0.832. The second-order valence-corrected chi connectivity index (χ2v) is 21.9. The topological polar surface area (TPSA) is 71.1 Å². The van der Waals surface area contributed by atoms with Gasteiger partial charge in [0.1, 0.15) is 24.2 Å². The number of carbonyl (C=O) groups excluding carboxylic acids is 2. The molecule has 0 saturated carbocycles. The summed E-state index contributed by atoms with van der Waals surface area (Å²) in [5.41, 5.74) is 2.40. The molecule has 2 aliphatic heterocycles. The molecule has 2 saturated heterocycles. The predicted octanol–water partition coefficient (Wildman–Crippen LogP) is 10.3. The van der Waals surface area contributed by atoms with Crippen molar-refractivity contribution < 1.29 is 28.5 Å². The third kappa shape index (κ3) is 13.4. The molecule has 6 nitrogen and oxygen atoms in total. The monoisotopic (exact) mass is 808 g/mol. The molecule has 3 atom stereocenters. The molecule has 12 heteroatoms. The van der Waals surface area contributed by atoms with Gasteiger partial charge in [0.15, 0.2) is 10.4 Å². The van der Waals surface area contributed by atoms with E-state index in [4.69, 9.17) is 18.9 Å². The Morgan fingerprint density at radius 3 is 1.78 bits per heavy atom. The number of rotatable bonds is 20. The molecule has 2 heterocycles. The molecule has 2 aromatic carbocycles. The second kappa shape index (κ2) is 20.3. The van der Waals surface area contributed by atoms with E-state index in [9.17, 15) is 9.59 Å². The summed E-state index contributed by atoms with van der Waals surface area (Å²) in [7, 11) is 0. The number of hydrogen-bond donors (Lipinski definition) is 0. The lowest BCUT2D eigenvalue weighted by molar-refractivity contribution is -0.147. The quantitative estimate of drug-likeness (QED) is 0.0727. The molecule has 280 valence electrons. The van der Waals surface area contributed by atoms with Gasteiger partial charge in [0.05, 0.1) is 9.16 Å². The molecule has 0 spiro atoms. The molecular weight excluding hydrogens is 757 g/mol. The van der Waals surface area contributed by atoms with Gasteiger partial charge in [-0.15, -0.1) is 70.6 Å². The van der Waals surface area contributed by atoms with Crippen LogP contribution in [0.3, 0.4) is 0 Å². The maximum Gasteiger partial charge on any atom is 0.334 e. The highest BCUT2D eigenvalue weighted by Gasteiger charge is 2.32. The number of hydrogen-bond acceptors (Lipinski definition) is 12. The summed E-state index contributed by atoms with van der Waals surface area (Å²) in [5.74, 6) is 7.26. The van der Waals surface area contributed by atoms with Crippen molar-refractivity contribution in [2.24, 2.45) is 0 Å². The molecule has 0 aliphatic carbocycles. The highest BCUT2D eigenvalue weighted by atomic mass is 32.2. The van der Waals surface area contributed by atoms with Crippen LogP contribution in [-0.4, -0.2) is 78.7 Å². The normalized spacial score (nSPS) is 17.7. The van der Waals surface area contributed by atoms with Crippen molar-refractivity contribution in [2.75, 3.05) is 41.1 Å². The zero-order valence-electron chi connectivity index (χ0n) is 30.6. The van der Waals surface area contributed by atoms with Gasteiger partial charge in [0.25, 0.3) is 0 Å². The Morgan fingerprint density at radius 2 is 1.27 bits per heavy atom. The van der Waals surface area contributed by atoms with Crippen LogP contribution in [-0.2, 0) is 24.5 Å². The molecule has 3 unspecified atom stereocenters. The largest absolute Gasteiger partial charge is 0.488 e. The molecule has 51 heavy (non-hydrogen) atoms. The maximum atomic E-state index is 12.5. The minimum Gasteiger partial charge on any atom is -0.488 e. The molecule has 4 rings (SSSR count). The van der Waals surface area contributed by atoms with Crippen molar-refractivity contribution in [3.63, 3.8) is 0 Å². The number of thioether (sulfide) groups is 6. The van der Waals surface area contributed by atoms with Crippen molar-refractivity contribution in [3.05, 3.63) is 84.0 Å². The van der Waals surface area contributed by atoms with E-state index in [1.54, 1.807) is 37.4 Å². The van der Waals surface area contributed by atoms with Gasteiger partial charge < -0.3 is 18.9 Å². The van der Waals surface area contributed by atoms with Gasteiger partial charge >= 0.3 is 11.9 Å². The SMILES string of the molecule is C=C(C)C(=O)OC(C)C(Oc1ccc(C(C)(C)c2ccc(OCC(C)(OC(=O)C(=C)C)SCCC3SCCS3)cc2)cc1)SCCC1SCCS1. The van der Waals surface area contributed by atoms with Crippen LogP contribution in [0.1, 0.15) is 65.5 Å². The summed E-state index contributed by atoms with van der Waals surface area (Å²) < 4.78 is 25.4. The highest BCUT2D eigenvalue weighted by Crippen LogP contribution is 2.39. The third-order valence-electron chi connectivity index (χ3n) is 8.37. The molecule has 0 bridgehead atoms. The van der Waals surface area contributed by atoms with Gasteiger partial charge in [-0.1, -0.05) is 51.3 Å². The first-order valence-electron chi connectivity index (χ1n) is 17.2. The zero-order chi connectivity index (χ0) is 37.0. The van der Waals surface area contributed by atoms with Crippen LogP contribution >= 0.6 is 70.6 Å². The first kappa shape index (κ1) is 42.3. The molecule has 2 fully saturated rings. The fraction of sp³-hybridized carbons (Fsp3) is 0.538. The Balaban J connectivity index is 1.37. The number of esters is 2. The van der Waals surface area contributed by atoms with E-state index in [0.717, 1.165) is 41.2 Å².